The third-order valence-electron chi connectivity index (χ3n) is 2.83. The molecule has 0 amide bonds. The van der Waals surface area contributed by atoms with E-state index in [-0.39, 0.29) is 5.56 Å². The minimum absolute atomic E-state index is 0.231. The molecule has 2 aromatic rings. The summed E-state index contributed by atoms with van der Waals surface area (Å²) in [5.74, 6) is 0.400. The van der Waals surface area contributed by atoms with Crippen molar-refractivity contribution in [3.05, 3.63) is 53.2 Å². The van der Waals surface area contributed by atoms with E-state index < -0.39 is 5.97 Å². The second-order valence-corrected chi connectivity index (χ2v) is 4.39. The largest absolute Gasteiger partial charge is 0.497 e. The van der Waals surface area contributed by atoms with E-state index in [1.165, 1.54) is 6.07 Å². The highest BCUT2D eigenvalue weighted by atomic mass is 16.5. The molecule has 0 saturated heterocycles. The molecule has 0 aliphatic heterocycles. The fraction of sp³-hybridized carbons (Fsp3) is 0.200. The maximum atomic E-state index is 11.0. The number of nitrogens with zero attached hydrogens (tertiary/aromatic N) is 1. The highest BCUT2D eigenvalue weighted by Gasteiger charge is 2.06. The summed E-state index contributed by atoms with van der Waals surface area (Å²) in [6.07, 6.45) is 0. The van der Waals surface area contributed by atoms with E-state index in [1.54, 1.807) is 20.1 Å². The van der Waals surface area contributed by atoms with Crippen molar-refractivity contribution in [2.24, 2.45) is 0 Å². The van der Waals surface area contributed by atoms with Crippen LogP contribution in [0, 0.1) is 6.92 Å². The first-order valence-corrected chi connectivity index (χ1v) is 6.17. The summed E-state index contributed by atoms with van der Waals surface area (Å²) in [6, 6.07) is 10.7. The summed E-state index contributed by atoms with van der Waals surface area (Å²) in [7, 11) is 1.62. The van der Waals surface area contributed by atoms with Gasteiger partial charge in [-0.1, -0.05) is 12.1 Å². The molecule has 2 N–H and O–H groups in total. The summed E-state index contributed by atoms with van der Waals surface area (Å²) in [6.45, 7) is 2.34. The van der Waals surface area contributed by atoms with Gasteiger partial charge in [0.25, 0.3) is 0 Å². The van der Waals surface area contributed by atoms with Crippen LogP contribution in [0.4, 0.5) is 5.82 Å². The van der Waals surface area contributed by atoms with Gasteiger partial charge in [0, 0.05) is 12.2 Å². The highest BCUT2D eigenvalue weighted by molar-refractivity contribution is 5.88. The number of hydrogen-bond acceptors (Lipinski definition) is 4. The Morgan fingerprint density at radius 3 is 2.60 bits per heavy atom. The molecule has 2 rings (SSSR count). The Labute approximate surface area is 117 Å². The lowest BCUT2D eigenvalue weighted by molar-refractivity contribution is 0.0696. The van der Waals surface area contributed by atoms with E-state index in [0.717, 1.165) is 11.3 Å². The van der Waals surface area contributed by atoms with Crippen LogP contribution < -0.4 is 10.1 Å². The number of hydrogen-bond donors (Lipinski definition) is 2. The summed E-state index contributed by atoms with van der Waals surface area (Å²) in [4.78, 5) is 15.2. The molecule has 1 aromatic heterocycles. The van der Waals surface area contributed by atoms with E-state index >= 15 is 0 Å². The van der Waals surface area contributed by atoms with Gasteiger partial charge in [0.2, 0.25) is 0 Å². The third-order valence-corrected chi connectivity index (χ3v) is 2.83. The van der Waals surface area contributed by atoms with Crippen molar-refractivity contribution in [3.8, 4) is 5.75 Å². The van der Waals surface area contributed by atoms with E-state index in [0.29, 0.717) is 18.1 Å². The summed E-state index contributed by atoms with van der Waals surface area (Å²) >= 11 is 0. The van der Waals surface area contributed by atoms with Crippen LogP contribution in [0.2, 0.25) is 0 Å². The second-order valence-electron chi connectivity index (χ2n) is 4.39. The van der Waals surface area contributed by atoms with Crippen LogP contribution in [-0.4, -0.2) is 23.2 Å². The van der Waals surface area contributed by atoms with Gasteiger partial charge in [-0.2, -0.15) is 0 Å². The van der Waals surface area contributed by atoms with Gasteiger partial charge in [-0.05, 0) is 36.8 Å². The van der Waals surface area contributed by atoms with Crippen molar-refractivity contribution < 1.29 is 14.6 Å². The third kappa shape index (κ3) is 3.47. The Kier molecular flexibility index (Phi) is 4.20. The van der Waals surface area contributed by atoms with Crippen molar-refractivity contribution in [2.45, 2.75) is 13.5 Å². The first-order valence-electron chi connectivity index (χ1n) is 6.17. The smallest absolute Gasteiger partial charge is 0.335 e. The van der Waals surface area contributed by atoms with Crippen LogP contribution in [0.15, 0.2) is 36.4 Å². The Morgan fingerprint density at radius 1 is 1.30 bits per heavy atom. The predicted molar refractivity (Wildman–Crippen MR) is 76.3 cm³/mol. The molecule has 0 aliphatic carbocycles. The number of carbonyl (C=O) groups is 1. The number of ether oxygens (including phenoxy) is 1. The van der Waals surface area contributed by atoms with Crippen molar-refractivity contribution >= 4 is 11.8 Å². The molecule has 5 heteroatoms. The number of aromatic nitrogens is 1. The number of anilines is 1. The number of aryl methyl sites for hydroxylation is 1. The SMILES string of the molecule is COc1ccc(CNc2cc(C(=O)O)cc(C)n2)cc1. The maximum Gasteiger partial charge on any atom is 0.335 e. The van der Waals surface area contributed by atoms with Gasteiger partial charge in [0.05, 0.1) is 12.7 Å². The molecule has 0 spiro atoms. The molecule has 20 heavy (non-hydrogen) atoms. The maximum absolute atomic E-state index is 11.0. The van der Waals surface area contributed by atoms with E-state index in [9.17, 15) is 4.79 Å². The van der Waals surface area contributed by atoms with Gasteiger partial charge in [-0.25, -0.2) is 9.78 Å². The lowest BCUT2D eigenvalue weighted by Crippen LogP contribution is -2.05. The molecule has 0 saturated carbocycles. The lowest BCUT2D eigenvalue weighted by Gasteiger charge is -2.08. The summed E-state index contributed by atoms with van der Waals surface area (Å²) in [5, 5.41) is 12.1. The zero-order chi connectivity index (χ0) is 14.5. The van der Waals surface area contributed by atoms with Gasteiger partial charge in [-0.3, -0.25) is 0 Å². The van der Waals surface area contributed by atoms with Crippen LogP contribution in [0.5, 0.6) is 5.75 Å². The van der Waals surface area contributed by atoms with Crippen LogP contribution in [0.25, 0.3) is 0 Å². The highest BCUT2D eigenvalue weighted by Crippen LogP contribution is 2.14. The lowest BCUT2D eigenvalue weighted by atomic mass is 10.2. The van der Waals surface area contributed by atoms with Crippen LogP contribution in [-0.2, 0) is 6.54 Å². The number of carboxylic acids is 1. The average Bonchev–Trinajstić information content (AvgIpc) is 2.45. The van der Waals surface area contributed by atoms with Gasteiger partial charge in [0.1, 0.15) is 11.6 Å². The standard InChI is InChI=1S/C15H16N2O3/c1-10-7-12(15(18)19)8-14(17-10)16-9-11-3-5-13(20-2)6-4-11/h3-8H,9H2,1-2H3,(H,16,17)(H,18,19). The second kappa shape index (κ2) is 6.06. The van der Waals surface area contributed by atoms with Crippen molar-refractivity contribution in [1.82, 2.24) is 4.98 Å². The molecule has 104 valence electrons. The topological polar surface area (TPSA) is 71.5 Å². The molecule has 1 aromatic carbocycles. The normalized spacial score (nSPS) is 10.1. The Hall–Kier alpha value is -2.56. The molecular formula is C15H16N2O3. The van der Waals surface area contributed by atoms with Crippen molar-refractivity contribution in [2.75, 3.05) is 12.4 Å². The van der Waals surface area contributed by atoms with Crippen LogP contribution >= 0.6 is 0 Å². The van der Waals surface area contributed by atoms with E-state index in [4.69, 9.17) is 9.84 Å². The number of rotatable bonds is 5. The zero-order valence-electron chi connectivity index (χ0n) is 11.4. The molecule has 0 unspecified atom stereocenters. The molecular weight excluding hydrogens is 256 g/mol. The van der Waals surface area contributed by atoms with Gasteiger partial charge >= 0.3 is 5.97 Å². The monoisotopic (exact) mass is 272 g/mol. The van der Waals surface area contributed by atoms with Crippen LogP contribution in [0.3, 0.4) is 0 Å². The number of pyridine rings is 1. The van der Waals surface area contributed by atoms with Gasteiger partial charge in [0.15, 0.2) is 0 Å². The minimum Gasteiger partial charge on any atom is -0.497 e. The summed E-state index contributed by atoms with van der Waals surface area (Å²) < 4.78 is 5.09. The van der Waals surface area contributed by atoms with Gasteiger partial charge < -0.3 is 15.2 Å². The molecule has 0 atom stereocenters. The number of nitrogens with one attached hydrogen (secondary N) is 1. The molecule has 0 radical (unpaired) electrons. The first kappa shape index (κ1) is 13.9. The fourth-order valence-corrected chi connectivity index (χ4v) is 1.82. The minimum atomic E-state index is -0.956. The van der Waals surface area contributed by atoms with E-state index in [1.807, 2.05) is 24.3 Å². The Balaban J connectivity index is 2.08. The number of benzene rings is 1. The Bertz CT molecular complexity index is 609. The van der Waals surface area contributed by atoms with Crippen molar-refractivity contribution in [1.29, 1.82) is 0 Å². The quantitative estimate of drug-likeness (QED) is 0.875. The van der Waals surface area contributed by atoms with Crippen molar-refractivity contribution in [3.63, 3.8) is 0 Å². The molecule has 0 fully saturated rings. The molecule has 1 heterocycles. The number of methoxy groups -OCH3 is 1. The number of aromatic carboxylic acids is 1. The van der Waals surface area contributed by atoms with E-state index in [2.05, 4.69) is 10.3 Å². The zero-order valence-corrected chi connectivity index (χ0v) is 11.4. The predicted octanol–water partition coefficient (Wildman–Crippen LogP) is 2.71. The molecule has 0 bridgehead atoms. The first-order chi connectivity index (χ1) is 9.58. The molecule has 0 aliphatic rings. The van der Waals surface area contributed by atoms with Gasteiger partial charge in [-0.15, -0.1) is 0 Å². The number of carboxylic acid groups (broad SMARTS) is 1. The summed E-state index contributed by atoms with van der Waals surface area (Å²) in [5.41, 5.74) is 1.96. The Morgan fingerprint density at radius 2 is 2.00 bits per heavy atom. The molecule has 5 nitrogen and oxygen atoms in total. The van der Waals surface area contributed by atoms with Crippen LogP contribution in [0.1, 0.15) is 21.6 Å². The average molecular weight is 272 g/mol. The fourth-order valence-electron chi connectivity index (χ4n) is 1.82.